The van der Waals surface area contributed by atoms with Crippen molar-refractivity contribution in [3.05, 3.63) is 0 Å². The topological polar surface area (TPSA) is 61.3 Å². The van der Waals surface area contributed by atoms with E-state index in [0.717, 1.165) is 12.8 Å². The minimum absolute atomic E-state index is 0.134. The van der Waals surface area contributed by atoms with Gasteiger partial charge < -0.3 is 16.2 Å². The van der Waals surface area contributed by atoms with Gasteiger partial charge in [0.25, 0.3) is 0 Å². The van der Waals surface area contributed by atoms with Crippen molar-refractivity contribution in [3.63, 3.8) is 0 Å². The number of hydrogen-bond acceptors (Lipinski definition) is 3. The predicted octanol–water partition coefficient (Wildman–Crippen LogP) is -0.243. The summed E-state index contributed by atoms with van der Waals surface area (Å²) in [5.74, 6) is 0. The first-order chi connectivity index (χ1) is 3.60. The lowest BCUT2D eigenvalue weighted by molar-refractivity contribution is -0.0207. The Morgan fingerprint density at radius 2 is 2.38 bits per heavy atom. The van der Waals surface area contributed by atoms with Crippen molar-refractivity contribution in [2.45, 2.75) is 31.7 Å². The minimum Gasteiger partial charge on any atom is -0.343 e. The van der Waals surface area contributed by atoms with E-state index in [0.29, 0.717) is 0 Å². The molecule has 3 heteroatoms. The van der Waals surface area contributed by atoms with Crippen LogP contribution in [-0.2, 0) is 4.74 Å². The first-order valence-electron chi connectivity index (χ1n) is 2.82. The molecular formula is C5H12N2O. The average molecular weight is 116 g/mol. The Morgan fingerprint density at radius 1 is 1.75 bits per heavy atom. The molecule has 1 aliphatic rings. The Hall–Kier alpha value is -0.120. The first-order valence-corrected chi connectivity index (χ1v) is 2.82. The molecular weight excluding hydrogens is 104 g/mol. The zero-order chi connectivity index (χ0) is 6.20. The summed E-state index contributed by atoms with van der Waals surface area (Å²) >= 11 is 0. The third kappa shape index (κ3) is 1.18. The molecule has 8 heavy (non-hydrogen) atoms. The Labute approximate surface area is 49.0 Å². The van der Waals surface area contributed by atoms with Gasteiger partial charge in [-0.3, -0.25) is 0 Å². The highest BCUT2D eigenvalue weighted by atomic mass is 16.5. The zero-order valence-corrected chi connectivity index (χ0v) is 5.05. The van der Waals surface area contributed by atoms with Crippen molar-refractivity contribution in [3.8, 4) is 0 Å². The van der Waals surface area contributed by atoms with E-state index >= 15 is 0 Å². The molecule has 0 saturated carbocycles. The smallest absolute Gasteiger partial charge is 0.116 e. The summed E-state index contributed by atoms with van der Waals surface area (Å²) in [5, 5.41) is 0. The van der Waals surface area contributed by atoms with Gasteiger partial charge in [-0.1, -0.05) is 0 Å². The van der Waals surface area contributed by atoms with Gasteiger partial charge in [0.2, 0.25) is 0 Å². The number of nitrogens with two attached hydrogens (primary N) is 2. The lowest BCUT2D eigenvalue weighted by atomic mass is 10.2. The first kappa shape index (κ1) is 6.01. The zero-order valence-electron chi connectivity index (χ0n) is 5.05. The van der Waals surface area contributed by atoms with E-state index in [1.54, 1.807) is 0 Å². The second-order valence-electron chi connectivity index (χ2n) is 2.51. The second kappa shape index (κ2) is 1.69. The Bertz CT molecular complexity index is 92.4. The maximum absolute atomic E-state index is 5.57. The summed E-state index contributed by atoms with van der Waals surface area (Å²) in [4.78, 5) is 0. The molecule has 3 nitrogen and oxygen atoms in total. The second-order valence-corrected chi connectivity index (χ2v) is 2.51. The maximum Gasteiger partial charge on any atom is 0.116 e. The van der Waals surface area contributed by atoms with Crippen LogP contribution in [0.4, 0.5) is 0 Å². The quantitative estimate of drug-likeness (QED) is 0.459. The number of rotatable bonds is 0. The number of hydrogen-bond donors (Lipinski definition) is 2. The van der Waals surface area contributed by atoms with Crippen molar-refractivity contribution in [2.24, 2.45) is 11.5 Å². The monoisotopic (exact) mass is 116 g/mol. The van der Waals surface area contributed by atoms with Crippen molar-refractivity contribution in [2.75, 3.05) is 0 Å². The Balaban J connectivity index is 2.44. The fraction of sp³-hybridized carbons (Fsp3) is 1.00. The maximum atomic E-state index is 5.57. The van der Waals surface area contributed by atoms with E-state index in [1.165, 1.54) is 0 Å². The van der Waals surface area contributed by atoms with Gasteiger partial charge in [-0.05, 0) is 19.8 Å². The molecule has 0 radical (unpaired) electrons. The molecule has 1 rings (SSSR count). The van der Waals surface area contributed by atoms with Gasteiger partial charge in [-0.15, -0.1) is 0 Å². The summed E-state index contributed by atoms with van der Waals surface area (Å²) in [6.07, 6.45) is 1.62. The van der Waals surface area contributed by atoms with Crippen LogP contribution in [-0.4, -0.2) is 12.0 Å². The molecule has 1 heterocycles. The third-order valence-electron chi connectivity index (χ3n) is 1.35. The summed E-state index contributed by atoms with van der Waals surface area (Å²) in [5.41, 5.74) is 10.5. The van der Waals surface area contributed by atoms with Crippen molar-refractivity contribution >= 4 is 0 Å². The highest BCUT2D eigenvalue weighted by Crippen LogP contribution is 2.21. The van der Waals surface area contributed by atoms with Crippen LogP contribution in [0.5, 0.6) is 0 Å². The summed E-state index contributed by atoms with van der Waals surface area (Å²) in [6.45, 7) is 1.85. The van der Waals surface area contributed by atoms with Crippen LogP contribution < -0.4 is 11.5 Å². The van der Waals surface area contributed by atoms with Gasteiger partial charge in [-0.2, -0.15) is 0 Å². The van der Waals surface area contributed by atoms with Gasteiger partial charge in [0.1, 0.15) is 12.0 Å². The van der Waals surface area contributed by atoms with Crippen LogP contribution in [0.2, 0.25) is 0 Å². The summed E-state index contributed by atoms with van der Waals surface area (Å²) < 4.78 is 5.10. The molecule has 0 bridgehead atoms. The molecule has 0 aromatic rings. The van der Waals surface area contributed by atoms with E-state index in [9.17, 15) is 0 Å². The molecule has 48 valence electrons. The van der Waals surface area contributed by atoms with Crippen LogP contribution >= 0.6 is 0 Å². The van der Waals surface area contributed by atoms with Crippen molar-refractivity contribution < 1.29 is 4.74 Å². The molecule has 1 fully saturated rings. The molecule has 4 N–H and O–H groups in total. The van der Waals surface area contributed by atoms with Gasteiger partial charge >= 0.3 is 0 Å². The minimum atomic E-state index is -0.459. The summed E-state index contributed by atoms with van der Waals surface area (Å²) in [7, 11) is 0. The van der Waals surface area contributed by atoms with E-state index in [-0.39, 0.29) is 6.23 Å². The molecule has 0 spiro atoms. The normalized spacial score (nSPS) is 47.6. The van der Waals surface area contributed by atoms with Crippen LogP contribution in [0.1, 0.15) is 19.8 Å². The van der Waals surface area contributed by atoms with Gasteiger partial charge in [0.05, 0.1) is 0 Å². The highest BCUT2D eigenvalue weighted by Gasteiger charge is 2.29. The van der Waals surface area contributed by atoms with Gasteiger partial charge in [0, 0.05) is 0 Å². The molecule has 0 aromatic carbocycles. The molecule has 2 atom stereocenters. The largest absolute Gasteiger partial charge is 0.343 e. The van der Waals surface area contributed by atoms with Crippen LogP contribution in [0.3, 0.4) is 0 Å². The summed E-state index contributed by atoms with van der Waals surface area (Å²) in [6, 6.07) is 0. The molecule has 2 unspecified atom stereocenters. The lowest BCUT2D eigenvalue weighted by Crippen LogP contribution is -2.37. The van der Waals surface area contributed by atoms with Crippen molar-refractivity contribution in [1.82, 2.24) is 0 Å². The Kier molecular flexibility index (Phi) is 1.27. The molecule has 1 saturated heterocycles. The van der Waals surface area contributed by atoms with Gasteiger partial charge in [0.15, 0.2) is 0 Å². The van der Waals surface area contributed by atoms with Gasteiger partial charge in [-0.25, -0.2) is 0 Å². The fourth-order valence-electron chi connectivity index (χ4n) is 0.893. The molecule has 0 aliphatic carbocycles. The third-order valence-corrected chi connectivity index (χ3v) is 1.35. The van der Waals surface area contributed by atoms with E-state index in [1.807, 2.05) is 6.92 Å². The van der Waals surface area contributed by atoms with Crippen LogP contribution in [0, 0.1) is 0 Å². The fourth-order valence-corrected chi connectivity index (χ4v) is 0.893. The highest BCUT2D eigenvalue weighted by molar-refractivity contribution is 4.75. The van der Waals surface area contributed by atoms with E-state index < -0.39 is 5.72 Å². The standard InChI is InChI=1S/C5H12N2O/c1-5(7)3-2-4(6)8-5/h4H,2-3,6-7H2,1H3. The average Bonchev–Trinajstić information content (AvgIpc) is 1.82. The van der Waals surface area contributed by atoms with E-state index in [4.69, 9.17) is 16.2 Å². The van der Waals surface area contributed by atoms with Crippen LogP contribution in [0.25, 0.3) is 0 Å². The lowest BCUT2D eigenvalue weighted by Gasteiger charge is -2.16. The Morgan fingerprint density at radius 3 is 2.50 bits per heavy atom. The SMILES string of the molecule is CC1(N)CCC(N)O1. The predicted molar refractivity (Wildman–Crippen MR) is 30.9 cm³/mol. The van der Waals surface area contributed by atoms with E-state index in [2.05, 4.69) is 0 Å². The molecule has 1 aliphatic heterocycles. The van der Waals surface area contributed by atoms with Crippen LogP contribution in [0.15, 0.2) is 0 Å². The molecule has 0 amide bonds. The number of ether oxygens (including phenoxy) is 1. The molecule has 0 aromatic heterocycles. The van der Waals surface area contributed by atoms with Crippen molar-refractivity contribution in [1.29, 1.82) is 0 Å².